The third kappa shape index (κ3) is 3.18. The number of hydrogen-bond acceptors (Lipinski definition) is 5. The predicted octanol–water partition coefficient (Wildman–Crippen LogP) is 2.85. The molecule has 0 aliphatic carbocycles. The van der Waals surface area contributed by atoms with Gasteiger partial charge in [-0.1, -0.05) is 0 Å². The van der Waals surface area contributed by atoms with Gasteiger partial charge in [-0.25, -0.2) is 4.79 Å². The molecule has 0 saturated carbocycles. The number of nitrogens with zero attached hydrogens (tertiary/aromatic N) is 2. The Morgan fingerprint density at radius 1 is 1.08 bits per heavy atom. The van der Waals surface area contributed by atoms with Crippen LogP contribution >= 0.6 is 0 Å². The van der Waals surface area contributed by atoms with Crippen LogP contribution in [0, 0.1) is 0 Å². The number of aromatic amines is 3. The smallest absolute Gasteiger partial charge is 0.360 e. The van der Waals surface area contributed by atoms with Gasteiger partial charge in [0.25, 0.3) is 0 Å². The number of rotatable bonds is 4. The Bertz CT molecular complexity index is 1140. The Hall–Kier alpha value is -3.50. The monoisotopic (exact) mass is 363 g/mol. The molecule has 0 unspecified atom stereocenters. The second kappa shape index (κ2) is 5.79. The lowest BCUT2D eigenvalue weighted by Gasteiger charge is -2.11. The van der Waals surface area contributed by atoms with Crippen molar-refractivity contribution in [3.05, 3.63) is 40.9 Å². The molecule has 0 bridgehead atoms. The lowest BCUT2D eigenvalue weighted by Crippen LogP contribution is -2.22. The lowest BCUT2D eigenvalue weighted by molar-refractivity contribution is -0.115. The Kier molecular flexibility index (Phi) is 3.56. The number of aromatic nitrogens is 5. The molecular formula is C15H12F3N7O. The van der Waals surface area contributed by atoms with Gasteiger partial charge in [0.15, 0.2) is 0 Å². The highest BCUT2D eigenvalue weighted by Crippen LogP contribution is 2.25. The largest absolute Gasteiger partial charge is 0.405 e. The quantitative estimate of drug-likeness (QED) is 0.383. The SMILES string of the molecule is O=c1[nH]c2ccc(Nc3nc(NCC(F)(F)F)c4cc[nH]c4n3)cc2[nH]1. The fraction of sp³-hybridized carbons (Fsp3) is 0.133. The first kappa shape index (κ1) is 16.0. The van der Waals surface area contributed by atoms with Gasteiger partial charge in [0, 0.05) is 11.9 Å². The number of fused-ring (bicyclic) bond motifs is 2. The maximum Gasteiger partial charge on any atom is 0.405 e. The van der Waals surface area contributed by atoms with E-state index in [0.717, 1.165) is 0 Å². The summed E-state index contributed by atoms with van der Waals surface area (Å²) in [5, 5.41) is 5.66. The molecule has 4 aromatic rings. The summed E-state index contributed by atoms with van der Waals surface area (Å²) in [6.45, 7) is -1.21. The van der Waals surface area contributed by atoms with Crippen molar-refractivity contribution in [2.24, 2.45) is 0 Å². The molecule has 0 aliphatic heterocycles. The van der Waals surface area contributed by atoms with E-state index in [9.17, 15) is 18.0 Å². The minimum absolute atomic E-state index is 0.0622. The minimum atomic E-state index is -4.37. The summed E-state index contributed by atoms with van der Waals surface area (Å²) in [5.41, 5.74) is 1.84. The first-order valence-electron chi connectivity index (χ1n) is 7.52. The van der Waals surface area contributed by atoms with Gasteiger partial charge in [-0.05, 0) is 24.3 Å². The fourth-order valence-corrected chi connectivity index (χ4v) is 2.56. The summed E-state index contributed by atoms with van der Waals surface area (Å²) >= 11 is 0. The van der Waals surface area contributed by atoms with Crippen molar-refractivity contribution in [3.63, 3.8) is 0 Å². The molecule has 3 heterocycles. The molecule has 0 fully saturated rings. The summed E-state index contributed by atoms with van der Waals surface area (Å²) in [7, 11) is 0. The number of anilines is 3. The number of alkyl halides is 3. The highest BCUT2D eigenvalue weighted by Gasteiger charge is 2.27. The number of halogens is 3. The number of imidazole rings is 1. The van der Waals surface area contributed by atoms with Crippen molar-refractivity contribution >= 4 is 39.5 Å². The van der Waals surface area contributed by atoms with Crippen LogP contribution in [-0.2, 0) is 0 Å². The molecule has 0 aliphatic rings. The normalized spacial score (nSPS) is 12.0. The van der Waals surface area contributed by atoms with E-state index in [1.807, 2.05) is 0 Å². The maximum absolute atomic E-state index is 12.5. The summed E-state index contributed by atoms with van der Waals surface area (Å²) in [5.74, 6) is 0.175. The van der Waals surface area contributed by atoms with Crippen LogP contribution in [0.2, 0.25) is 0 Å². The van der Waals surface area contributed by atoms with Gasteiger partial charge >= 0.3 is 11.9 Å². The second-order valence-corrected chi connectivity index (χ2v) is 5.57. The van der Waals surface area contributed by atoms with Crippen molar-refractivity contribution in [3.8, 4) is 0 Å². The average Bonchev–Trinajstić information content (AvgIpc) is 3.16. The fourth-order valence-electron chi connectivity index (χ4n) is 2.56. The zero-order chi connectivity index (χ0) is 18.3. The van der Waals surface area contributed by atoms with Gasteiger partial charge in [0.05, 0.1) is 16.4 Å². The van der Waals surface area contributed by atoms with Crippen LogP contribution in [0.1, 0.15) is 0 Å². The summed E-state index contributed by atoms with van der Waals surface area (Å²) in [6.07, 6.45) is -2.80. The van der Waals surface area contributed by atoms with E-state index in [-0.39, 0.29) is 17.5 Å². The molecule has 3 aromatic heterocycles. The molecular weight excluding hydrogens is 351 g/mol. The molecule has 1 aromatic carbocycles. The second-order valence-electron chi connectivity index (χ2n) is 5.57. The Morgan fingerprint density at radius 3 is 2.69 bits per heavy atom. The van der Waals surface area contributed by atoms with E-state index < -0.39 is 12.7 Å². The van der Waals surface area contributed by atoms with E-state index in [0.29, 0.717) is 27.8 Å². The average molecular weight is 363 g/mol. The maximum atomic E-state index is 12.5. The molecule has 0 radical (unpaired) electrons. The molecule has 134 valence electrons. The van der Waals surface area contributed by atoms with Crippen molar-refractivity contribution in [1.82, 2.24) is 24.9 Å². The van der Waals surface area contributed by atoms with E-state index >= 15 is 0 Å². The minimum Gasteiger partial charge on any atom is -0.360 e. The lowest BCUT2D eigenvalue weighted by atomic mass is 10.3. The first-order chi connectivity index (χ1) is 12.4. The Morgan fingerprint density at radius 2 is 1.88 bits per heavy atom. The van der Waals surface area contributed by atoms with E-state index in [1.165, 1.54) is 0 Å². The third-order valence-corrected chi connectivity index (χ3v) is 3.64. The van der Waals surface area contributed by atoms with Crippen molar-refractivity contribution < 1.29 is 13.2 Å². The Balaban J connectivity index is 1.67. The van der Waals surface area contributed by atoms with Gasteiger partial charge in [-0.15, -0.1) is 0 Å². The highest BCUT2D eigenvalue weighted by molar-refractivity contribution is 5.88. The highest BCUT2D eigenvalue weighted by atomic mass is 19.4. The van der Waals surface area contributed by atoms with Gasteiger partial charge in [0.2, 0.25) is 5.95 Å². The first-order valence-corrected chi connectivity index (χ1v) is 7.52. The van der Waals surface area contributed by atoms with Crippen molar-refractivity contribution in [1.29, 1.82) is 0 Å². The van der Waals surface area contributed by atoms with Crippen LogP contribution in [0.15, 0.2) is 35.3 Å². The van der Waals surface area contributed by atoms with Gasteiger partial charge in [-0.2, -0.15) is 23.1 Å². The molecule has 0 spiro atoms. The van der Waals surface area contributed by atoms with Crippen LogP contribution < -0.4 is 16.3 Å². The van der Waals surface area contributed by atoms with Gasteiger partial charge < -0.3 is 25.6 Å². The van der Waals surface area contributed by atoms with Crippen LogP contribution in [-0.4, -0.2) is 37.6 Å². The van der Waals surface area contributed by atoms with Crippen molar-refractivity contribution in [2.45, 2.75) is 6.18 Å². The number of H-pyrrole nitrogens is 3. The summed E-state index contributed by atoms with van der Waals surface area (Å²) in [6, 6.07) is 6.63. The van der Waals surface area contributed by atoms with E-state index in [1.54, 1.807) is 30.5 Å². The molecule has 5 N–H and O–H groups in total. The molecule has 8 nitrogen and oxygen atoms in total. The molecule has 11 heteroatoms. The predicted molar refractivity (Wildman–Crippen MR) is 90.6 cm³/mol. The Labute approximate surface area is 142 Å². The molecule has 26 heavy (non-hydrogen) atoms. The summed E-state index contributed by atoms with van der Waals surface area (Å²) in [4.78, 5) is 27.8. The van der Waals surface area contributed by atoms with Crippen molar-refractivity contribution in [2.75, 3.05) is 17.2 Å². The van der Waals surface area contributed by atoms with Crippen LogP contribution in [0.5, 0.6) is 0 Å². The zero-order valence-electron chi connectivity index (χ0n) is 13.0. The van der Waals surface area contributed by atoms with E-state index in [4.69, 9.17) is 0 Å². The summed E-state index contributed by atoms with van der Waals surface area (Å²) < 4.78 is 37.5. The number of benzene rings is 1. The third-order valence-electron chi connectivity index (χ3n) is 3.64. The molecule has 0 amide bonds. The number of hydrogen-bond donors (Lipinski definition) is 5. The van der Waals surface area contributed by atoms with Crippen LogP contribution in [0.3, 0.4) is 0 Å². The topological polar surface area (TPSA) is 114 Å². The van der Waals surface area contributed by atoms with Gasteiger partial charge in [-0.3, -0.25) is 0 Å². The standard InChI is InChI=1S/C15H12F3N7O/c16-15(17,18)6-20-12-8-3-4-19-11(8)24-13(25-12)21-7-1-2-9-10(5-7)23-14(26)22-9/h1-5H,6H2,(H2,22,23,26)(H3,19,20,21,24,25). The van der Waals surface area contributed by atoms with Crippen LogP contribution in [0.4, 0.5) is 30.6 Å². The van der Waals surface area contributed by atoms with E-state index in [2.05, 4.69) is 35.6 Å². The molecule has 0 saturated heterocycles. The van der Waals surface area contributed by atoms with Gasteiger partial charge in [0.1, 0.15) is 18.0 Å². The number of nitrogens with one attached hydrogen (secondary N) is 5. The molecule has 0 atom stereocenters. The van der Waals surface area contributed by atoms with Crippen LogP contribution in [0.25, 0.3) is 22.1 Å². The molecule has 4 rings (SSSR count). The zero-order valence-corrected chi connectivity index (χ0v) is 13.0.